The number of carbonyl (C=O) groups is 1. The molecular weight excluding hydrogens is 242 g/mol. The first-order valence-electron chi connectivity index (χ1n) is 5.96. The number of aromatic nitrogens is 2. The number of amides is 2. The minimum absolute atomic E-state index is 0.308. The van der Waals surface area contributed by atoms with E-state index < -0.39 is 0 Å². The van der Waals surface area contributed by atoms with Gasteiger partial charge in [0.1, 0.15) is 5.82 Å². The predicted molar refractivity (Wildman–Crippen MR) is 74.9 cm³/mol. The first-order chi connectivity index (χ1) is 9.08. The molecule has 0 saturated heterocycles. The van der Waals surface area contributed by atoms with Gasteiger partial charge in [0, 0.05) is 25.3 Å². The smallest absolute Gasteiger partial charge is 0.324 e. The van der Waals surface area contributed by atoms with Crippen molar-refractivity contribution in [3.8, 4) is 0 Å². The van der Waals surface area contributed by atoms with E-state index >= 15 is 0 Å². The van der Waals surface area contributed by atoms with Gasteiger partial charge in [0.15, 0.2) is 0 Å². The second-order valence-electron chi connectivity index (χ2n) is 4.28. The van der Waals surface area contributed by atoms with Crippen LogP contribution in [-0.2, 0) is 13.6 Å². The fraction of sp³-hybridized carbons (Fsp3) is 0.231. The topological polar surface area (TPSA) is 85.0 Å². The number of nitrogens with two attached hydrogens (primary N) is 1. The van der Waals surface area contributed by atoms with Crippen LogP contribution in [0.2, 0.25) is 0 Å². The third kappa shape index (κ3) is 3.32. The van der Waals surface area contributed by atoms with E-state index in [0.29, 0.717) is 18.1 Å². The molecule has 19 heavy (non-hydrogen) atoms. The quantitative estimate of drug-likeness (QED) is 0.786. The van der Waals surface area contributed by atoms with Gasteiger partial charge in [0.2, 0.25) is 0 Å². The minimum Gasteiger partial charge on any atom is -0.326 e. The lowest BCUT2D eigenvalue weighted by molar-refractivity contribution is 0.262. The minimum atomic E-state index is -0.308. The van der Waals surface area contributed by atoms with Crippen molar-refractivity contribution in [3.63, 3.8) is 0 Å². The molecule has 6 heteroatoms. The molecule has 0 aliphatic carbocycles. The molecule has 0 unspecified atom stereocenters. The molecule has 2 amide bonds. The summed E-state index contributed by atoms with van der Waals surface area (Å²) in [6.07, 6.45) is 0. The average molecular weight is 259 g/mol. The molecule has 0 aliphatic rings. The summed E-state index contributed by atoms with van der Waals surface area (Å²) >= 11 is 0. The zero-order chi connectivity index (χ0) is 13.8. The van der Waals surface area contributed by atoms with Crippen molar-refractivity contribution < 1.29 is 4.79 Å². The van der Waals surface area contributed by atoms with Crippen LogP contribution < -0.4 is 16.4 Å². The summed E-state index contributed by atoms with van der Waals surface area (Å²) in [5.41, 5.74) is 8.08. The second-order valence-corrected chi connectivity index (χ2v) is 4.28. The highest BCUT2D eigenvalue weighted by Gasteiger charge is 2.07. The van der Waals surface area contributed by atoms with Gasteiger partial charge in [-0.05, 0) is 24.6 Å². The van der Waals surface area contributed by atoms with Gasteiger partial charge in [0.25, 0.3) is 0 Å². The highest BCUT2D eigenvalue weighted by Crippen LogP contribution is 2.12. The van der Waals surface area contributed by atoms with Crippen LogP contribution in [0.25, 0.3) is 0 Å². The lowest BCUT2D eigenvalue weighted by Gasteiger charge is -2.08. The highest BCUT2D eigenvalue weighted by molar-refractivity contribution is 5.99. The van der Waals surface area contributed by atoms with Gasteiger partial charge in [0.05, 0.1) is 5.69 Å². The molecule has 2 aromatic rings. The monoisotopic (exact) mass is 259 g/mol. The summed E-state index contributed by atoms with van der Waals surface area (Å²) in [4.78, 5) is 11.8. The Morgan fingerprint density at radius 1 is 1.37 bits per heavy atom. The van der Waals surface area contributed by atoms with Crippen molar-refractivity contribution in [1.82, 2.24) is 9.78 Å². The standard InChI is InChI=1S/C13H17N5O/c1-9-6-12(18(2)17-9)16-13(19)15-11-5-3-4-10(7-11)8-14/h3-7H,8,14H2,1-2H3,(H2,15,16,19). The summed E-state index contributed by atoms with van der Waals surface area (Å²) in [6.45, 7) is 2.31. The zero-order valence-electron chi connectivity index (χ0n) is 11.0. The van der Waals surface area contributed by atoms with Crippen molar-refractivity contribution in [1.29, 1.82) is 0 Å². The molecule has 1 heterocycles. The van der Waals surface area contributed by atoms with E-state index in [1.165, 1.54) is 0 Å². The molecule has 4 N–H and O–H groups in total. The summed E-state index contributed by atoms with van der Waals surface area (Å²) in [7, 11) is 1.78. The van der Waals surface area contributed by atoms with Gasteiger partial charge < -0.3 is 11.1 Å². The van der Waals surface area contributed by atoms with Crippen molar-refractivity contribution in [2.24, 2.45) is 12.8 Å². The number of hydrogen-bond donors (Lipinski definition) is 3. The van der Waals surface area contributed by atoms with Gasteiger partial charge in [-0.15, -0.1) is 0 Å². The Hall–Kier alpha value is -2.34. The number of carbonyl (C=O) groups excluding carboxylic acids is 1. The number of nitrogens with one attached hydrogen (secondary N) is 2. The Morgan fingerprint density at radius 2 is 2.16 bits per heavy atom. The van der Waals surface area contributed by atoms with E-state index in [2.05, 4.69) is 15.7 Å². The fourth-order valence-electron chi connectivity index (χ4n) is 1.78. The fourth-order valence-corrected chi connectivity index (χ4v) is 1.78. The largest absolute Gasteiger partial charge is 0.326 e. The van der Waals surface area contributed by atoms with Crippen molar-refractivity contribution in [2.45, 2.75) is 13.5 Å². The maximum atomic E-state index is 11.8. The van der Waals surface area contributed by atoms with Crippen LogP contribution in [0.1, 0.15) is 11.3 Å². The maximum absolute atomic E-state index is 11.8. The van der Waals surface area contributed by atoms with E-state index in [1.54, 1.807) is 17.8 Å². The average Bonchev–Trinajstić information content (AvgIpc) is 2.68. The summed E-state index contributed by atoms with van der Waals surface area (Å²) in [6, 6.07) is 8.91. The molecule has 0 atom stereocenters. The first-order valence-corrected chi connectivity index (χ1v) is 5.96. The number of hydrogen-bond acceptors (Lipinski definition) is 3. The first kappa shape index (κ1) is 13.1. The molecule has 0 spiro atoms. The van der Waals surface area contributed by atoms with E-state index in [9.17, 15) is 4.79 Å². The molecule has 2 rings (SSSR count). The molecular formula is C13H17N5O. The summed E-state index contributed by atoms with van der Waals surface area (Å²) in [5.74, 6) is 0.643. The van der Waals surface area contributed by atoms with Crippen molar-refractivity contribution in [2.75, 3.05) is 10.6 Å². The van der Waals surface area contributed by atoms with E-state index in [-0.39, 0.29) is 6.03 Å². The molecule has 6 nitrogen and oxygen atoms in total. The molecule has 0 fully saturated rings. The van der Waals surface area contributed by atoms with E-state index in [4.69, 9.17) is 5.73 Å². The Morgan fingerprint density at radius 3 is 2.79 bits per heavy atom. The van der Waals surface area contributed by atoms with Gasteiger partial charge in [-0.3, -0.25) is 10.00 Å². The molecule has 0 aliphatic heterocycles. The van der Waals surface area contributed by atoms with Crippen LogP contribution in [0.3, 0.4) is 0 Å². The number of rotatable bonds is 3. The van der Waals surface area contributed by atoms with E-state index in [1.807, 2.05) is 31.2 Å². The third-order valence-corrected chi connectivity index (χ3v) is 2.66. The van der Waals surface area contributed by atoms with Crippen LogP contribution in [0, 0.1) is 6.92 Å². The van der Waals surface area contributed by atoms with Crippen LogP contribution in [0.5, 0.6) is 0 Å². The van der Waals surface area contributed by atoms with Crippen molar-refractivity contribution >= 4 is 17.5 Å². The molecule has 0 radical (unpaired) electrons. The van der Waals surface area contributed by atoms with Crippen LogP contribution in [0.15, 0.2) is 30.3 Å². The molecule has 1 aromatic heterocycles. The zero-order valence-corrected chi connectivity index (χ0v) is 11.0. The van der Waals surface area contributed by atoms with Gasteiger partial charge >= 0.3 is 6.03 Å². The number of benzene rings is 1. The van der Waals surface area contributed by atoms with Gasteiger partial charge in [-0.2, -0.15) is 5.10 Å². The maximum Gasteiger partial charge on any atom is 0.324 e. The number of aryl methyl sites for hydroxylation is 2. The normalized spacial score (nSPS) is 10.3. The van der Waals surface area contributed by atoms with Gasteiger partial charge in [-0.1, -0.05) is 12.1 Å². The lowest BCUT2D eigenvalue weighted by atomic mass is 10.2. The molecule has 0 bridgehead atoms. The Labute approximate surface area is 111 Å². The molecule has 100 valence electrons. The second kappa shape index (κ2) is 5.53. The Kier molecular flexibility index (Phi) is 3.82. The SMILES string of the molecule is Cc1cc(NC(=O)Nc2cccc(CN)c2)n(C)n1. The molecule has 0 saturated carbocycles. The summed E-state index contributed by atoms with van der Waals surface area (Å²) in [5, 5.41) is 9.65. The van der Waals surface area contributed by atoms with Crippen LogP contribution >= 0.6 is 0 Å². The highest BCUT2D eigenvalue weighted by atomic mass is 16.2. The van der Waals surface area contributed by atoms with Crippen LogP contribution in [-0.4, -0.2) is 15.8 Å². The van der Waals surface area contributed by atoms with Crippen LogP contribution in [0.4, 0.5) is 16.3 Å². The Balaban J connectivity index is 2.03. The summed E-state index contributed by atoms with van der Waals surface area (Å²) < 4.78 is 1.62. The van der Waals surface area contributed by atoms with Gasteiger partial charge in [-0.25, -0.2) is 4.79 Å². The molecule has 1 aromatic carbocycles. The Bertz CT molecular complexity index is 590. The predicted octanol–water partition coefficient (Wildman–Crippen LogP) is 1.83. The van der Waals surface area contributed by atoms with Crippen molar-refractivity contribution in [3.05, 3.63) is 41.6 Å². The third-order valence-electron chi connectivity index (χ3n) is 2.66. The number of nitrogens with zero attached hydrogens (tertiary/aromatic N) is 2. The number of anilines is 2. The van der Waals surface area contributed by atoms with E-state index in [0.717, 1.165) is 11.3 Å². The number of urea groups is 1. The lowest BCUT2D eigenvalue weighted by Crippen LogP contribution is -2.21.